The monoisotopic (exact) mass is 138 g/mol. The number of hydrogen-bond acceptors (Lipinski definition) is 3. The van der Waals surface area contributed by atoms with Crippen LogP contribution in [0.4, 0.5) is 0 Å². The van der Waals surface area contributed by atoms with Gasteiger partial charge >= 0.3 is 0 Å². The van der Waals surface area contributed by atoms with E-state index in [4.69, 9.17) is 0 Å². The number of carbonyl (C=O) groups excluding carboxylic acids is 1. The molecule has 0 aromatic heterocycles. The molecule has 1 unspecified atom stereocenters. The number of Topliss-reactive ketones (excluding diaryl/α,β-unsaturated/α-hetero) is 1. The predicted octanol–water partition coefficient (Wildman–Crippen LogP) is 0.431. The SMILES string of the molecule is CC(=O)C1C=NC=CN1C. The summed E-state index contributed by atoms with van der Waals surface area (Å²) < 4.78 is 0. The minimum absolute atomic E-state index is 0.121. The number of likely N-dealkylation sites (N-methyl/N-ethyl adjacent to an activating group) is 1. The minimum atomic E-state index is -0.162. The van der Waals surface area contributed by atoms with Crippen LogP contribution in [0.3, 0.4) is 0 Å². The third-order valence-corrected chi connectivity index (χ3v) is 1.47. The second-order valence-corrected chi connectivity index (χ2v) is 2.32. The van der Waals surface area contributed by atoms with Crippen LogP contribution in [0.15, 0.2) is 17.4 Å². The normalized spacial score (nSPS) is 23.4. The fraction of sp³-hybridized carbons (Fsp3) is 0.429. The Morgan fingerprint density at radius 3 is 2.80 bits per heavy atom. The highest BCUT2D eigenvalue weighted by atomic mass is 16.1. The van der Waals surface area contributed by atoms with Crippen LogP contribution >= 0.6 is 0 Å². The molecular formula is C7H10N2O. The topological polar surface area (TPSA) is 32.7 Å². The van der Waals surface area contributed by atoms with Gasteiger partial charge < -0.3 is 4.90 Å². The fourth-order valence-electron chi connectivity index (χ4n) is 0.864. The van der Waals surface area contributed by atoms with Crippen molar-refractivity contribution in [3.63, 3.8) is 0 Å². The molecule has 0 aromatic carbocycles. The van der Waals surface area contributed by atoms with Crippen LogP contribution in [0.25, 0.3) is 0 Å². The van der Waals surface area contributed by atoms with Crippen LogP contribution in [0, 0.1) is 0 Å². The maximum atomic E-state index is 10.8. The molecule has 0 fully saturated rings. The third kappa shape index (κ3) is 1.23. The molecule has 3 heteroatoms. The maximum absolute atomic E-state index is 10.8. The summed E-state index contributed by atoms with van der Waals surface area (Å²) in [6.07, 6.45) is 5.09. The van der Waals surface area contributed by atoms with Crippen molar-refractivity contribution in [3.8, 4) is 0 Å². The van der Waals surface area contributed by atoms with Crippen molar-refractivity contribution in [2.24, 2.45) is 4.99 Å². The molecule has 10 heavy (non-hydrogen) atoms. The van der Waals surface area contributed by atoms with Crippen molar-refractivity contribution < 1.29 is 4.79 Å². The van der Waals surface area contributed by atoms with Gasteiger partial charge in [0.25, 0.3) is 0 Å². The van der Waals surface area contributed by atoms with Crippen LogP contribution in [0.2, 0.25) is 0 Å². The molecule has 0 saturated heterocycles. The first-order valence-corrected chi connectivity index (χ1v) is 3.14. The van der Waals surface area contributed by atoms with Gasteiger partial charge in [0, 0.05) is 25.7 Å². The molecule has 1 rings (SSSR count). The summed E-state index contributed by atoms with van der Waals surface area (Å²) in [5.74, 6) is 0.121. The van der Waals surface area contributed by atoms with Gasteiger partial charge in [-0.1, -0.05) is 0 Å². The van der Waals surface area contributed by atoms with E-state index in [0.29, 0.717) is 0 Å². The Bertz CT molecular complexity index is 196. The summed E-state index contributed by atoms with van der Waals surface area (Å²) in [5.41, 5.74) is 0. The molecule has 54 valence electrons. The summed E-state index contributed by atoms with van der Waals surface area (Å²) in [5, 5.41) is 0. The van der Waals surface area contributed by atoms with Crippen molar-refractivity contribution in [3.05, 3.63) is 12.4 Å². The van der Waals surface area contributed by atoms with E-state index in [0.717, 1.165) is 0 Å². The van der Waals surface area contributed by atoms with Crippen LogP contribution in [-0.4, -0.2) is 30.0 Å². The molecule has 1 atom stereocenters. The van der Waals surface area contributed by atoms with E-state index in [2.05, 4.69) is 4.99 Å². The van der Waals surface area contributed by atoms with Gasteiger partial charge in [0.1, 0.15) is 6.04 Å². The third-order valence-electron chi connectivity index (χ3n) is 1.47. The zero-order valence-corrected chi connectivity index (χ0v) is 6.11. The average Bonchev–Trinajstić information content (AvgIpc) is 1.88. The Balaban J connectivity index is 2.70. The minimum Gasteiger partial charge on any atom is -0.365 e. The maximum Gasteiger partial charge on any atom is 0.157 e. The van der Waals surface area contributed by atoms with Crippen LogP contribution in [0.5, 0.6) is 0 Å². The highest BCUT2D eigenvalue weighted by Crippen LogP contribution is 2.00. The number of hydrogen-bond donors (Lipinski definition) is 0. The van der Waals surface area contributed by atoms with E-state index >= 15 is 0 Å². The molecule has 0 aliphatic carbocycles. The Morgan fingerprint density at radius 1 is 1.70 bits per heavy atom. The van der Waals surface area contributed by atoms with Gasteiger partial charge in [-0.05, 0) is 6.92 Å². The first kappa shape index (κ1) is 6.99. The number of aliphatic imine (C=N–C) groups is 1. The van der Waals surface area contributed by atoms with E-state index in [-0.39, 0.29) is 11.8 Å². The smallest absolute Gasteiger partial charge is 0.157 e. The van der Waals surface area contributed by atoms with Crippen molar-refractivity contribution in [2.75, 3.05) is 7.05 Å². The second kappa shape index (κ2) is 2.64. The van der Waals surface area contributed by atoms with Gasteiger partial charge in [0.05, 0.1) is 0 Å². The van der Waals surface area contributed by atoms with Gasteiger partial charge in [0.15, 0.2) is 5.78 Å². The zero-order valence-electron chi connectivity index (χ0n) is 6.11. The van der Waals surface area contributed by atoms with E-state index in [1.165, 1.54) is 0 Å². The van der Waals surface area contributed by atoms with E-state index < -0.39 is 0 Å². The van der Waals surface area contributed by atoms with E-state index in [1.54, 1.807) is 25.5 Å². The van der Waals surface area contributed by atoms with Gasteiger partial charge in [-0.2, -0.15) is 0 Å². The molecule has 1 aliphatic heterocycles. The fourth-order valence-corrected chi connectivity index (χ4v) is 0.864. The lowest BCUT2D eigenvalue weighted by Crippen LogP contribution is -2.36. The first-order chi connectivity index (χ1) is 4.72. The van der Waals surface area contributed by atoms with Crippen molar-refractivity contribution >= 4 is 12.0 Å². The second-order valence-electron chi connectivity index (χ2n) is 2.32. The lowest BCUT2D eigenvalue weighted by molar-refractivity contribution is -0.118. The van der Waals surface area contributed by atoms with E-state index in [9.17, 15) is 4.79 Å². The molecule has 0 radical (unpaired) electrons. The van der Waals surface area contributed by atoms with Crippen LogP contribution < -0.4 is 0 Å². The first-order valence-electron chi connectivity index (χ1n) is 3.14. The molecular weight excluding hydrogens is 128 g/mol. The van der Waals surface area contributed by atoms with Crippen molar-refractivity contribution in [2.45, 2.75) is 13.0 Å². The zero-order chi connectivity index (χ0) is 7.56. The summed E-state index contributed by atoms with van der Waals surface area (Å²) in [6.45, 7) is 1.56. The van der Waals surface area contributed by atoms with Crippen LogP contribution in [-0.2, 0) is 4.79 Å². The van der Waals surface area contributed by atoms with Crippen molar-refractivity contribution in [1.29, 1.82) is 0 Å². The molecule has 0 amide bonds. The Kier molecular flexibility index (Phi) is 1.85. The molecule has 1 aliphatic rings. The van der Waals surface area contributed by atoms with Gasteiger partial charge in [-0.15, -0.1) is 0 Å². The summed E-state index contributed by atoms with van der Waals surface area (Å²) >= 11 is 0. The van der Waals surface area contributed by atoms with Gasteiger partial charge in [-0.3, -0.25) is 9.79 Å². The van der Waals surface area contributed by atoms with E-state index in [1.807, 2.05) is 11.9 Å². The number of rotatable bonds is 1. The largest absolute Gasteiger partial charge is 0.365 e. The number of nitrogens with zero attached hydrogens (tertiary/aromatic N) is 2. The number of ketones is 1. The highest BCUT2D eigenvalue weighted by molar-refractivity contribution is 5.98. The highest BCUT2D eigenvalue weighted by Gasteiger charge is 2.15. The quantitative estimate of drug-likeness (QED) is 0.526. The molecule has 0 saturated carbocycles. The molecule has 0 spiro atoms. The Hall–Kier alpha value is -1.12. The lowest BCUT2D eigenvalue weighted by atomic mass is 10.2. The molecule has 3 nitrogen and oxygen atoms in total. The van der Waals surface area contributed by atoms with Gasteiger partial charge in [-0.25, -0.2) is 0 Å². The van der Waals surface area contributed by atoms with Crippen LogP contribution in [0.1, 0.15) is 6.92 Å². The molecule has 0 aromatic rings. The number of carbonyl (C=O) groups is 1. The van der Waals surface area contributed by atoms with Gasteiger partial charge in [0.2, 0.25) is 0 Å². The summed E-state index contributed by atoms with van der Waals surface area (Å²) in [7, 11) is 1.85. The molecule has 0 bridgehead atoms. The molecule has 1 heterocycles. The summed E-state index contributed by atoms with van der Waals surface area (Å²) in [4.78, 5) is 16.5. The lowest BCUT2D eigenvalue weighted by Gasteiger charge is -2.22. The van der Waals surface area contributed by atoms with Crippen molar-refractivity contribution in [1.82, 2.24) is 4.90 Å². The Morgan fingerprint density at radius 2 is 2.40 bits per heavy atom. The average molecular weight is 138 g/mol. The predicted molar refractivity (Wildman–Crippen MR) is 39.9 cm³/mol. The molecule has 0 N–H and O–H groups in total. The standard InChI is InChI=1S/C7H10N2O/c1-6(10)7-5-8-3-4-9(7)2/h3-5,7H,1-2H3. The summed E-state index contributed by atoms with van der Waals surface area (Å²) in [6, 6.07) is -0.162. The Labute approximate surface area is 60.1 Å².